The van der Waals surface area contributed by atoms with Crippen molar-refractivity contribution in [3.8, 4) is 0 Å². The molecular weight excluding hydrogens is 244 g/mol. The Hall–Kier alpha value is -2.01. The lowest BCUT2D eigenvalue weighted by Gasteiger charge is -1.97. The second kappa shape index (κ2) is 4.70. The van der Waals surface area contributed by atoms with Crippen molar-refractivity contribution in [2.24, 2.45) is 0 Å². The van der Waals surface area contributed by atoms with Gasteiger partial charge in [0.15, 0.2) is 5.65 Å². The molecule has 0 aliphatic rings. The van der Waals surface area contributed by atoms with Crippen molar-refractivity contribution in [1.29, 1.82) is 0 Å². The Kier molecular flexibility index (Phi) is 2.90. The zero-order valence-electron chi connectivity index (χ0n) is 9.63. The number of aromatic nitrogens is 3. The summed E-state index contributed by atoms with van der Waals surface area (Å²) in [7, 11) is 0. The standard InChI is InChI=1S/C13H12N4S/c14-11-7-6-10-13(16-11)17-12(15-10)8-18-9-4-2-1-3-5-9/h1-7H,8H2,(H3,14,15,16,17). The van der Waals surface area contributed by atoms with Gasteiger partial charge in [-0.1, -0.05) is 18.2 Å². The number of thioether (sulfide) groups is 1. The van der Waals surface area contributed by atoms with E-state index in [1.807, 2.05) is 24.3 Å². The minimum Gasteiger partial charge on any atom is -0.384 e. The molecule has 0 atom stereocenters. The lowest BCUT2D eigenvalue weighted by molar-refractivity contribution is 1.13. The van der Waals surface area contributed by atoms with Crippen LogP contribution in [0.4, 0.5) is 5.82 Å². The third-order valence-corrected chi connectivity index (χ3v) is 3.56. The SMILES string of the molecule is Nc1ccc2[nH]c(CSc3ccccc3)nc2n1. The zero-order valence-corrected chi connectivity index (χ0v) is 10.4. The van der Waals surface area contributed by atoms with Gasteiger partial charge in [-0.05, 0) is 24.3 Å². The highest BCUT2D eigenvalue weighted by molar-refractivity contribution is 7.98. The van der Waals surface area contributed by atoms with E-state index in [2.05, 4.69) is 27.1 Å². The van der Waals surface area contributed by atoms with E-state index < -0.39 is 0 Å². The quantitative estimate of drug-likeness (QED) is 0.707. The van der Waals surface area contributed by atoms with Crippen molar-refractivity contribution in [3.63, 3.8) is 0 Å². The van der Waals surface area contributed by atoms with Crippen molar-refractivity contribution in [2.45, 2.75) is 10.6 Å². The van der Waals surface area contributed by atoms with Crippen LogP contribution in [-0.2, 0) is 5.75 Å². The average Bonchev–Trinajstić information content (AvgIpc) is 2.79. The van der Waals surface area contributed by atoms with Crippen LogP contribution in [0.2, 0.25) is 0 Å². The molecule has 0 fully saturated rings. The van der Waals surface area contributed by atoms with E-state index in [0.717, 1.165) is 17.1 Å². The third kappa shape index (κ3) is 2.31. The minimum atomic E-state index is 0.497. The number of anilines is 1. The van der Waals surface area contributed by atoms with Crippen molar-refractivity contribution in [3.05, 3.63) is 48.3 Å². The second-order valence-electron chi connectivity index (χ2n) is 3.89. The van der Waals surface area contributed by atoms with Crippen molar-refractivity contribution < 1.29 is 0 Å². The van der Waals surface area contributed by atoms with Gasteiger partial charge in [0.05, 0.1) is 11.3 Å². The van der Waals surface area contributed by atoms with Gasteiger partial charge in [-0.3, -0.25) is 0 Å². The van der Waals surface area contributed by atoms with Crippen LogP contribution in [0.15, 0.2) is 47.4 Å². The summed E-state index contributed by atoms with van der Waals surface area (Å²) in [5, 5.41) is 0. The maximum Gasteiger partial charge on any atom is 0.179 e. The molecule has 0 saturated heterocycles. The highest BCUT2D eigenvalue weighted by Gasteiger charge is 2.04. The Morgan fingerprint density at radius 3 is 2.72 bits per heavy atom. The smallest absolute Gasteiger partial charge is 0.179 e. The van der Waals surface area contributed by atoms with E-state index >= 15 is 0 Å². The maximum atomic E-state index is 5.63. The summed E-state index contributed by atoms with van der Waals surface area (Å²) >= 11 is 1.74. The Balaban J connectivity index is 1.79. The summed E-state index contributed by atoms with van der Waals surface area (Å²) in [6, 6.07) is 13.9. The lowest BCUT2D eigenvalue weighted by atomic mass is 10.4. The number of benzene rings is 1. The summed E-state index contributed by atoms with van der Waals surface area (Å²) in [5.41, 5.74) is 7.23. The van der Waals surface area contributed by atoms with E-state index in [1.54, 1.807) is 17.8 Å². The van der Waals surface area contributed by atoms with Crippen LogP contribution in [0.3, 0.4) is 0 Å². The Morgan fingerprint density at radius 1 is 1.06 bits per heavy atom. The summed E-state index contributed by atoms with van der Waals surface area (Å²) in [5.74, 6) is 2.20. The molecule has 18 heavy (non-hydrogen) atoms. The normalized spacial score (nSPS) is 10.9. The predicted octanol–water partition coefficient (Wildman–Crippen LogP) is 2.83. The second-order valence-corrected chi connectivity index (χ2v) is 4.94. The number of aromatic amines is 1. The topological polar surface area (TPSA) is 67.6 Å². The number of nitrogens with one attached hydrogen (secondary N) is 1. The van der Waals surface area contributed by atoms with E-state index in [9.17, 15) is 0 Å². The molecule has 90 valence electrons. The Morgan fingerprint density at radius 2 is 1.89 bits per heavy atom. The summed E-state index contributed by atoms with van der Waals surface area (Å²) in [4.78, 5) is 13.1. The van der Waals surface area contributed by atoms with Crippen molar-refractivity contribution in [2.75, 3.05) is 5.73 Å². The molecule has 3 rings (SSSR count). The van der Waals surface area contributed by atoms with Crippen molar-refractivity contribution in [1.82, 2.24) is 15.0 Å². The predicted molar refractivity (Wildman–Crippen MR) is 74.3 cm³/mol. The molecule has 0 radical (unpaired) electrons. The van der Waals surface area contributed by atoms with Crippen LogP contribution in [0.5, 0.6) is 0 Å². The molecule has 0 spiro atoms. The molecule has 3 N–H and O–H groups in total. The van der Waals surface area contributed by atoms with Gasteiger partial charge >= 0.3 is 0 Å². The number of nitrogens with zero attached hydrogens (tertiary/aromatic N) is 2. The fourth-order valence-electron chi connectivity index (χ4n) is 1.69. The van der Waals surface area contributed by atoms with Gasteiger partial charge in [0, 0.05) is 4.90 Å². The van der Waals surface area contributed by atoms with Crippen LogP contribution >= 0.6 is 11.8 Å². The number of fused-ring (bicyclic) bond motifs is 1. The lowest BCUT2D eigenvalue weighted by Crippen LogP contribution is -1.88. The van der Waals surface area contributed by atoms with Crippen LogP contribution in [0.25, 0.3) is 11.2 Å². The first kappa shape index (κ1) is 11.1. The number of rotatable bonds is 3. The van der Waals surface area contributed by atoms with Gasteiger partial charge in [-0.25, -0.2) is 9.97 Å². The minimum absolute atomic E-state index is 0.497. The van der Waals surface area contributed by atoms with Crippen LogP contribution in [0.1, 0.15) is 5.82 Å². The Labute approximate surface area is 109 Å². The molecule has 0 unspecified atom stereocenters. The molecule has 5 heteroatoms. The number of imidazole rings is 1. The molecule has 2 heterocycles. The molecule has 0 aliphatic carbocycles. The average molecular weight is 256 g/mol. The van der Waals surface area contributed by atoms with E-state index in [0.29, 0.717) is 11.5 Å². The van der Waals surface area contributed by atoms with E-state index in [1.165, 1.54) is 4.90 Å². The number of pyridine rings is 1. The highest BCUT2D eigenvalue weighted by Crippen LogP contribution is 2.22. The molecule has 3 aromatic rings. The molecule has 2 aromatic heterocycles. The zero-order chi connectivity index (χ0) is 12.4. The van der Waals surface area contributed by atoms with Gasteiger partial charge in [0.25, 0.3) is 0 Å². The summed E-state index contributed by atoms with van der Waals surface area (Å²) < 4.78 is 0. The van der Waals surface area contributed by atoms with Gasteiger partial charge in [-0.2, -0.15) is 0 Å². The Bertz CT molecular complexity index is 663. The number of hydrogen-bond donors (Lipinski definition) is 2. The summed E-state index contributed by atoms with van der Waals surface area (Å²) in [6.07, 6.45) is 0. The molecule has 0 amide bonds. The van der Waals surface area contributed by atoms with Crippen molar-refractivity contribution >= 4 is 28.7 Å². The molecule has 4 nitrogen and oxygen atoms in total. The third-order valence-electron chi connectivity index (χ3n) is 2.54. The van der Waals surface area contributed by atoms with Gasteiger partial charge in [0.2, 0.25) is 0 Å². The van der Waals surface area contributed by atoms with Crippen LogP contribution < -0.4 is 5.73 Å². The first-order valence-electron chi connectivity index (χ1n) is 5.60. The number of hydrogen-bond acceptors (Lipinski definition) is 4. The first-order valence-corrected chi connectivity index (χ1v) is 6.59. The maximum absolute atomic E-state index is 5.63. The molecular formula is C13H12N4S. The number of nitrogens with two attached hydrogens (primary N) is 1. The molecule has 1 aromatic carbocycles. The number of H-pyrrole nitrogens is 1. The van der Waals surface area contributed by atoms with E-state index in [-0.39, 0.29) is 0 Å². The number of nitrogen functional groups attached to an aromatic ring is 1. The first-order chi connectivity index (χ1) is 8.81. The molecule has 0 aliphatic heterocycles. The highest BCUT2D eigenvalue weighted by atomic mass is 32.2. The molecule has 0 bridgehead atoms. The van der Waals surface area contributed by atoms with Crippen LogP contribution in [-0.4, -0.2) is 15.0 Å². The fraction of sp³-hybridized carbons (Fsp3) is 0.0769. The van der Waals surface area contributed by atoms with Gasteiger partial charge in [0.1, 0.15) is 11.6 Å². The van der Waals surface area contributed by atoms with Gasteiger partial charge in [-0.15, -0.1) is 11.8 Å². The van der Waals surface area contributed by atoms with Crippen LogP contribution in [0, 0.1) is 0 Å². The van der Waals surface area contributed by atoms with Gasteiger partial charge < -0.3 is 10.7 Å². The molecule has 0 saturated carbocycles. The summed E-state index contributed by atoms with van der Waals surface area (Å²) in [6.45, 7) is 0. The largest absolute Gasteiger partial charge is 0.384 e. The van der Waals surface area contributed by atoms with E-state index in [4.69, 9.17) is 5.73 Å². The fourth-order valence-corrected chi connectivity index (χ4v) is 2.48. The monoisotopic (exact) mass is 256 g/mol.